The summed E-state index contributed by atoms with van der Waals surface area (Å²) >= 11 is 27.6. The molecule has 0 spiro atoms. The van der Waals surface area contributed by atoms with Gasteiger partial charge in [0.25, 0.3) is 0 Å². The maximum Gasteiger partial charge on any atom is 0.236 e. The van der Waals surface area contributed by atoms with Crippen LogP contribution >= 0.6 is 127 Å². The van der Waals surface area contributed by atoms with E-state index in [-0.39, 0.29) is 204 Å². The normalized spacial score (nSPS) is 13.7. The van der Waals surface area contributed by atoms with Gasteiger partial charge in [0.1, 0.15) is 11.4 Å². The lowest BCUT2D eigenvalue weighted by molar-refractivity contribution is -0.130. The van der Waals surface area contributed by atoms with Crippen molar-refractivity contribution in [2.24, 2.45) is 27.1 Å². The first-order valence-corrected chi connectivity index (χ1v) is 45.6. The minimum Gasteiger partial charge on any atom is -0.378 e. The minimum atomic E-state index is -1.15. The van der Waals surface area contributed by atoms with Crippen LogP contribution in [-0.4, -0.2) is 281 Å². The Morgan fingerprint density at radius 1 is 0.350 bits per heavy atom. The molecular weight excluding hydrogens is 2090 g/mol. The van der Waals surface area contributed by atoms with E-state index in [0.29, 0.717) is 50.1 Å². The summed E-state index contributed by atoms with van der Waals surface area (Å²) in [7, 11) is 0. The summed E-state index contributed by atoms with van der Waals surface area (Å²) in [5.74, 6) is -3.05. The van der Waals surface area contributed by atoms with Gasteiger partial charge in [-0.1, -0.05) is 165 Å². The van der Waals surface area contributed by atoms with Crippen LogP contribution in [0.3, 0.4) is 0 Å². The highest BCUT2D eigenvalue weighted by Crippen LogP contribution is 2.31. The van der Waals surface area contributed by atoms with Crippen LogP contribution in [0.5, 0.6) is 0 Å². The van der Waals surface area contributed by atoms with Gasteiger partial charge in [-0.05, 0) is 111 Å². The zero-order valence-electron chi connectivity index (χ0n) is 72.9. The Kier molecular flexibility index (Phi) is 45.4. The summed E-state index contributed by atoms with van der Waals surface area (Å²) in [4.78, 5) is 122. The number of hydrogen-bond donors (Lipinski definition) is 11. The fourth-order valence-corrected chi connectivity index (χ4v) is 11.7. The van der Waals surface area contributed by atoms with Gasteiger partial charge in [-0.2, -0.15) is 0 Å². The van der Waals surface area contributed by atoms with Crippen molar-refractivity contribution in [3.63, 3.8) is 0 Å². The van der Waals surface area contributed by atoms with E-state index in [1.165, 1.54) is 0 Å². The van der Waals surface area contributed by atoms with E-state index in [1.54, 1.807) is 171 Å². The van der Waals surface area contributed by atoms with E-state index in [4.69, 9.17) is 37.9 Å². The Bertz CT molecular complexity index is 3280. The van der Waals surface area contributed by atoms with E-state index in [1.807, 2.05) is 0 Å². The molecule has 2 aromatic heterocycles. The van der Waals surface area contributed by atoms with Gasteiger partial charge in [-0.25, -0.2) is 0 Å². The van der Waals surface area contributed by atoms with Crippen LogP contribution in [0.1, 0.15) is 143 Å². The van der Waals surface area contributed by atoms with Gasteiger partial charge in [-0.3, -0.25) is 57.5 Å². The molecule has 3 rings (SSSR count). The largest absolute Gasteiger partial charge is 0.378 e. The molecular formula is C77H130Br8N18O17. The highest BCUT2D eigenvalue weighted by molar-refractivity contribution is 9.11. The molecule has 0 aromatic carbocycles. The van der Waals surface area contributed by atoms with Gasteiger partial charge >= 0.3 is 0 Å². The van der Waals surface area contributed by atoms with E-state index in [0.717, 1.165) is 0 Å². The van der Waals surface area contributed by atoms with Gasteiger partial charge in [-0.15, -0.1) is 22.3 Å². The second-order valence-corrected chi connectivity index (χ2v) is 51.1. The van der Waals surface area contributed by atoms with Crippen molar-refractivity contribution >= 4 is 181 Å². The number of aromatic nitrogens is 6. The number of hydrazine groups is 2. The zero-order valence-corrected chi connectivity index (χ0v) is 85.6. The van der Waals surface area contributed by atoms with Crippen molar-refractivity contribution in [2.45, 2.75) is 192 Å². The molecule has 0 fully saturated rings. The Morgan fingerprint density at radius 3 is 0.867 bits per heavy atom. The number of nitrogens with one attached hydrogen (secondary N) is 11. The van der Waals surface area contributed by atoms with Crippen molar-refractivity contribution in [2.75, 3.05) is 158 Å². The van der Waals surface area contributed by atoms with Crippen LogP contribution in [0.25, 0.3) is 0 Å². The van der Waals surface area contributed by atoms with Crippen molar-refractivity contribution in [1.29, 1.82) is 0 Å². The molecule has 120 heavy (non-hydrogen) atoms. The Labute approximate surface area is 774 Å². The van der Waals surface area contributed by atoms with Crippen molar-refractivity contribution in [1.82, 2.24) is 93.8 Å². The summed E-state index contributed by atoms with van der Waals surface area (Å²) < 4.78 is 44.5. The number of halogens is 8. The molecule has 11 N–H and O–H groups in total. The topological polar surface area (TPSA) is 424 Å². The number of hydrogen-bond acceptors (Lipinski definition) is 24. The fraction of sp³-hybridized carbons (Fsp3) is 0.779. The second-order valence-electron chi connectivity index (χ2n) is 35.2. The summed E-state index contributed by atoms with van der Waals surface area (Å²) in [5.41, 5.74) is 2.51. The standard InChI is InChI=1S/C77H130Br8N18O17/c1-21-22-113-23-24-114-25-26-115-27-28-116-29-30-117-52-77(46-101-31-53(95-98-101)34-118-49-74(37-86-56(104)65(2,3)4,38-87-57(105)66(5,6)78)39-88-58(106)67(7,8)79,47-102-32-54(96-99-102)35-119-50-75(40-89-59(107)68(9,10)80,41-90-60(108)69(11,12)81)42-91-61(109)70(13,14)82)48-103-33-55(97-100-103)36-120-51-76(43-92-62(110)71(15,16)83,44-93-63(111)72(17,18)84)45-94-64(112)73(19,20)85/h21,31-33,95,98H,1,22-30,34-52H2,2-20H3,(H,86,104)(H,87,105)(H,88,106)(H,89,107)(H,90,108)(H,91,109)(H,92,110)(H,93,111)(H,94,112). The molecule has 0 aliphatic carbocycles. The molecule has 1 aliphatic heterocycles. The summed E-state index contributed by atoms with van der Waals surface area (Å²) in [5, 5.41) is 47.3. The molecule has 2 aromatic rings. The van der Waals surface area contributed by atoms with Gasteiger partial charge < -0.3 is 91.2 Å². The third-order valence-electron chi connectivity index (χ3n) is 18.1. The SMILES string of the molecule is C=CCOCCOCCOCCOCCOCC(CN1C=C(COCC(CNC(=O)C(C)(C)C)(CNC(=O)C(C)(C)Br)CNC(=O)C(C)(C)Br)NN1)(Cn1cc(COCC(CNC(=O)C(C)(C)Br)(CNC(=O)C(C)(C)Br)CNC(=O)C(C)(C)Br)nn1)Cn1cc(COCC(CNC(=O)C(C)(C)Br)(CNC(=O)C(C)(C)Br)CNC(=O)C(C)(C)Br)nn1. The van der Waals surface area contributed by atoms with Crippen LogP contribution in [0.4, 0.5) is 0 Å². The van der Waals surface area contributed by atoms with Gasteiger partial charge in [0.2, 0.25) is 53.2 Å². The Balaban J connectivity index is 2.30. The maximum atomic E-state index is 13.6. The van der Waals surface area contributed by atoms with Gasteiger partial charge in [0.15, 0.2) is 0 Å². The molecule has 0 saturated carbocycles. The van der Waals surface area contributed by atoms with Crippen molar-refractivity contribution in [3.05, 3.63) is 48.3 Å². The van der Waals surface area contributed by atoms with E-state index in [2.05, 4.69) is 213 Å². The second kappa shape index (κ2) is 49.4. The third-order valence-corrected chi connectivity index (χ3v) is 21.0. The average Bonchev–Trinajstić information content (AvgIpc) is 1.55. The number of nitrogens with zero attached hydrogens (tertiary/aromatic N) is 7. The molecule has 35 nitrogen and oxygen atoms in total. The first kappa shape index (κ1) is 110. The molecule has 1 aliphatic rings. The number of ether oxygens (including phenoxy) is 8. The highest BCUT2D eigenvalue weighted by Gasteiger charge is 2.43. The van der Waals surface area contributed by atoms with Crippen molar-refractivity contribution in [3.8, 4) is 0 Å². The molecule has 686 valence electrons. The third kappa shape index (κ3) is 42.6. The van der Waals surface area contributed by atoms with E-state index in [9.17, 15) is 43.2 Å². The molecule has 0 atom stereocenters. The van der Waals surface area contributed by atoms with E-state index < -0.39 is 61.7 Å². The predicted molar refractivity (Wildman–Crippen MR) is 486 cm³/mol. The quantitative estimate of drug-likeness (QED) is 0.0192. The lowest BCUT2D eigenvalue weighted by Gasteiger charge is -2.36. The molecule has 0 unspecified atom stereocenters. The first-order chi connectivity index (χ1) is 55.2. The van der Waals surface area contributed by atoms with Crippen LogP contribution in [-0.2, 0) is 107 Å². The molecule has 9 amide bonds. The highest BCUT2D eigenvalue weighted by atomic mass is 79.9. The summed E-state index contributed by atoms with van der Waals surface area (Å²) in [6.45, 7) is 38.1. The summed E-state index contributed by atoms with van der Waals surface area (Å²) in [6, 6.07) is 0. The average molecular weight is 2220 g/mol. The smallest absolute Gasteiger partial charge is 0.236 e. The molecule has 0 radical (unpaired) electrons. The number of rotatable bonds is 60. The lowest BCUT2D eigenvalue weighted by atomic mass is 9.86. The predicted octanol–water partition coefficient (Wildman–Crippen LogP) is 6.48. The molecule has 3 heterocycles. The minimum absolute atomic E-state index is 0.00649. The van der Waals surface area contributed by atoms with Gasteiger partial charge in [0, 0.05) is 93.3 Å². The lowest BCUT2D eigenvalue weighted by Crippen LogP contribution is -2.57. The number of alkyl halides is 8. The van der Waals surface area contributed by atoms with Crippen LogP contribution in [0, 0.1) is 27.1 Å². The Hall–Kier alpha value is -3.93. The molecule has 43 heteroatoms. The van der Waals surface area contributed by atoms with Gasteiger partial charge in [0.05, 0.1) is 177 Å². The van der Waals surface area contributed by atoms with Crippen molar-refractivity contribution < 1.29 is 81.0 Å². The van der Waals surface area contributed by atoms with Crippen LogP contribution in [0.15, 0.2) is 36.9 Å². The monoisotopic (exact) mass is 2210 g/mol. The van der Waals surface area contributed by atoms with Crippen LogP contribution < -0.4 is 58.8 Å². The van der Waals surface area contributed by atoms with Crippen LogP contribution in [0.2, 0.25) is 0 Å². The maximum absolute atomic E-state index is 13.6. The van der Waals surface area contributed by atoms with E-state index >= 15 is 0 Å². The number of amides is 9. The fourth-order valence-electron chi connectivity index (χ4n) is 10.6. The number of carbonyl (C=O) groups excluding carboxylic acids is 9. The Morgan fingerprint density at radius 2 is 0.600 bits per heavy atom. The molecule has 0 bridgehead atoms. The first-order valence-electron chi connectivity index (χ1n) is 39.2. The number of carbonyl (C=O) groups is 9. The molecule has 0 saturated heterocycles. The zero-order chi connectivity index (χ0) is 91.1. The summed E-state index contributed by atoms with van der Waals surface area (Å²) in [6.07, 6.45) is 6.89.